The number of thioether (sulfide) groups is 1. The molecule has 0 unspecified atom stereocenters. The molecule has 0 saturated carbocycles. The molecule has 0 atom stereocenters. The maximum atomic E-state index is 10.6. The van der Waals surface area contributed by atoms with Crippen molar-refractivity contribution in [3.05, 3.63) is 39.4 Å². The highest BCUT2D eigenvalue weighted by Crippen LogP contribution is 2.27. The minimum Gasteiger partial charge on any atom is -0.393 e. The van der Waals surface area contributed by atoms with Crippen molar-refractivity contribution in [2.24, 2.45) is 0 Å². The second kappa shape index (κ2) is 5.11. The van der Waals surface area contributed by atoms with Crippen LogP contribution in [0.5, 0.6) is 0 Å². The Kier molecular flexibility index (Phi) is 3.55. The Labute approximate surface area is 105 Å². The average Bonchev–Trinajstić information content (AvgIpc) is 2.78. The van der Waals surface area contributed by atoms with Gasteiger partial charge in [-0.25, -0.2) is 0 Å². The second-order valence-electron chi connectivity index (χ2n) is 3.14. The molecule has 0 aliphatic carbocycles. The molecule has 2 N–H and O–H groups in total. The Bertz CT molecular complexity index is 530. The van der Waals surface area contributed by atoms with E-state index in [-0.39, 0.29) is 11.4 Å². The lowest BCUT2D eigenvalue weighted by molar-refractivity contribution is -0.383. The van der Waals surface area contributed by atoms with Crippen molar-refractivity contribution in [2.45, 2.75) is 10.1 Å². The summed E-state index contributed by atoms with van der Waals surface area (Å²) in [6.45, 7) is 0. The Balaban J connectivity index is 2.07. The molecule has 6 nitrogen and oxygen atoms in total. The molecule has 8 heteroatoms. The zero-order valence-electron chi connectivity index (χ0n) is 8.57. The Morgan fingerprint density at radius 3 is 2.94 bits per heavy atom. The fourth-order valence-electron chi connectivity index (χ4n) is 1.23. The topological polar surface area (TPSA) is 94.9 Å². The molecule has 0 spiro atoms. The lowest BCUT2D eigenvalue weighted by Gasteiger charge is -2.01. The summed E-state index contributed by atoms with van der Waals surface area (Å²) in [6, 6.07) is 4.74. The number of nitrogens with two attached hydrogens (primary N) is 1. The zero-order chi connectivity index (χ0) is 12.3. The van der Waals surface area contributed by atoms with Gasteiger partial charge in [0.05, 0.1) is 4.92 Å². The Morgan fingerprint density at radius 2 is 2.35 bits per heavy atom. The van der Waals surface area contributed by atoms with Crippen LogP contribution in [-0.2, 0) is 5.75 Å². The van der Waals surface area contributed by atoms with Gasteiger partial charge < -0.3 is 5.73 Å². The molecule has 0 saturated heterocycles. The number of nitrogen functional groups attached to an aromatic ring is 1. The zero-order valence-corrected chi connectivity index (χ0v) is 10.2. The van der Waals surface area contributed by atoms with Crippen molar-refractivity contribution in [1.29, 1.82) is 0 Å². The first-order valence-electron chi connectivity index (χ1n) is 4.58. The molecule has 17 heavy (non-hydrogen) atoms. The minimum atomic E-state index is -0.489. The smallest absolute Gasteiger partial charge is 0.292 e. The Hall–Kier alpha value is -1.67. The SMILES string of the molecule is Nc1cc(CSc2nncs2)ccc1[N+](=O)[O-]. The summed E-state index contributed by atoms with van der Waals surface area (Å²) in [4.78, 5) is 10.1. The quantitative estimate of drug-likeness (QED) is 0.396. The lowest BCUT2D eigenvalue weighted by atomic mass is 10.2. The summed E-state index contributed by atoms with van der Waals surface area (Å²) in [5.41, 5.74) is 8.30. The summed E-state index contributed by atoms with van der Waals surface area (Å²) in [6.07, 6.45) is 0. The molecule has 1 heterocycles. The molecule has 0 fully saturated rings. The van der Waals surface area contributed by atoms with Crippen LogP contribution >= 0.6 is 23.1 Å². The first-order valence-corrected chi connectivity index (χ1v) is 6.45. The van der Waals surface area contributed by atoms with Crippen molar-refractivity contribution in [3.8, 4) is 0 Å². The first kappa shape index (κ1) is 11.8. The number of hydrogen-bond acceptors (Lipinski definition) is 7. The van der Waals surface area contributed by atoms with Crippen LogP contribution in [0.3, 0.4) is 0 Å². The molecule has 1 aromatic carbocycles. The van der Waals surface area contributed by atoms with Gasteiger partial charge in [0.15, 0.2) is 4.34 Å². The maximum Gasteiger partial charge on any atom is 0.292 e. The van der Waals surface area contributed by atoms with Crippen molar-refractivity contribution in [3.63, 3.8) is 0 Å². The van der Waals surface area contributed by atoms with Gasteiger partial charge in [0, 0.05) is 11.8 Å². The molecule has 2 aromatic rings. The second-order valence-corrected chi connectivity index (χ2v) is 5.20. The number of hydrogen-bond donors (Lipinski definition) is 1. The molecule has 2 rings (SSSR count). The van der Waals surface area contributed by atoms with Crippen molar-refractivity contribution in [1.82, 2.24) is 10.2 Å². The van der Waals surface area contributed by atoms with Gasteiger partial charge in [-0.15, -0.1) is 10.2 Å². The number of nitrogens with zero attached hydrogens (tertiary/aromatic N) is 3. The van der Waals surface area contributed by atoms with E-state index in [1.165, 1.54) is 29.2 Å². The number of anilines is 1. The van der Waals surface area contributed by atoms with Crippen LogP contribution in [0.25, 0.3) is 0 Å². The summed E-state index contributed by atoms with van der Waals surface area (Å²) < 4.78 is 0.863. The van der Waals surface area contributed by atoms with E-state index in [1.54, 1.807) is 17.6 Å². The van der Waals surface area contributed by atoms with Crippen LogP contribution in [-0.4, -0.2) is 15.1 Å². The third-order valence-electron chi connectivity index (χ3n) is 1.99. The molecule has 0 radical (unpaired) electrons. The van der Waals surface area contributed by atoms with E-state index in [0.29, 0.717) is 5.75 Å². The largest absolute Gasteiger partial charge is 0.393 e. The van der Waals surface area contributed by atoms with Gasteiger partial charge in [-0.2, -0.15) is 0 Å². The van der Waals surface area contributed by atoms with Gasteiger partial charge in [-0.1, -0.05) is 29.2 Å². The fraction of sp³-hybridized carbons (Fsp3) is 0.111. The van der Waals surface area contributed by atoms with Crippen molar-refractivity contribution in [2.75, 3.05) is 5.73 Å². The number of rotatable bonds is 4. The van der Waals surface area contributed by atoms with E-state index in [2.05, 4.69) is 10.2 Å². The number of benzene rings is 1. The fourth-order valence-corrected chi connectivity index (χ4v) is 2.66. The molecule has 0 amide bonds. The number of aromatic nitrogens is 2. The number of nitro groups is 1. The molecular weight excluding hydrogens is 260 g/mol. The molecular formula is C9H8N4O2S2. The molecule has 88 valence electrons. The van der Waals surface area contributed by atoms with Gasteiger partial charge in [0.2, 0.25) is 0 Å². The molecule has 1 aromatic heterocycles. The van der Waals surface area contributed by atoms with Gasteiger partial charge >= 0.3 is 0 Å². The summed E-state index contributed by atoms with van der Waals surface area (Å²) in [7, 11) is 0. The predicted molar refractivity (Wildman–Crippen MR) is 67.0 cm³/mol. The minimum absolute atomic E-state index is 0.0605. The third kappa shape index (κ3) is 2.92. The van der Waals surface area contributed by atoms with E-state index < -0.39 is 4.92 Å². The standard InChI is InChI=1S/C9H8N4O2S2/c10-7-3-6(1-2-8(7)13(14)15)4-16-9-12-11-5-17-9/h1-3,5H,4,10H2. The highest BCUT2D eigenvalue weighted by Gasteiger charge is 2.11. The predicted octanol–water partition coefficient (Wildman–Crippen LogP) is 2.32. The van der Waals surface area contributed by atoms with E-state index >= 15 is 0 Å². The summed E-state index contributed by atoms with van der Waals surface area (Å²) in [5.74, 6) is 0.664. The molecule has 0 aliphatic rings. The van der Waals surface area contributed by atoms with E-state index in [9.17, 15) is 10.1 Å². The first-order chi connectivity index (χ1) is 8.16. The maximum absolute atomic E-state index is 10.6. The van der Waals surface area contributed by atoms with Gasteiger partial charge in [-0.3, -0.25) is 10.1 Å². The normalized spacial score (nSPS) is 10.4. The van der Waals surface area contributed by atoms with Crippen LogP contribution in [0.4, 0.5) is 11.4 Å². The van der Waals surface area contributed by atoms with Crippen LogP contribution in [0.1, 0.15) is 5.56 Å². The van der Waals surface area contributed by atoms with Crippen molar-refractivity contribution < 1.29 is 4.92 Å². The molecule has 0 bridgehead atoms. The van der Waals surface area contributed by atoms with Crippen molar-refractivity contribution >= 4 is 34.5 Å². The van der Waals surface area contributed by atoms with Gasteiger partial charge in [0.1, 0.15) is 11.2 Å². The van der Waals surface area contributed by atoms with E-state index in [4.69, 9.17) is 5.73 Å². The molecule has 0 aliphatic heterocycles. The van der Waals surface area contributed by atoms with Crippen LogP contribution < -0.4 is 5.73 Å². The monoisotopic (exact) mass is 268 g/mol. The van der Waals surface area contributed by atoms with E-state index in [1.807, 2.05) is 0 Å². The number of nitro benzene ring substituents is 1. The van der Waals surface area contributed by atoms with Crippen LogP contribution in [0.2, 0.25) is 0 Å². The summed E-state index contributed by atoms with van der Waals surface area (Å²) in [5, 5.41) is 18.2. The van der Waals surface area contributed by atoms with Crippen LogP contribution in [0.15, 0.2) is 28.0 Å². The van der Waals surface area contributed by atoms with Gasteiger partial charge in [-0.05, 0) is 11.6 Å². The highest BCUT2D eigenvalue weighted by molar-refractivity contribution is 8.00. The highest BCUT2D eigenvalue weighted by atomic mass is 32.2. The van der Waals surface area contributed by atoms with Crippen LogP contribution in [0, 0.1) is 10.1 Å². The Morgan fingerprint density at radius 1 is 1.53 bits per heavy atom. The van der Waals surface area contributed by atoms with Gasteiger partial charge in [0.25, 0.3) is 5.69 Å². The average molecular weight is 268 g/mol. The summed E-state index contributed by atoms with van der Waals surface area (Å²) >= 11 is 2.98. The van der Waals surface area contributed by atoms with E-state index in [0.717, 1.165) is 9.90 Å². The third-order valence-corrected chi connectivity index (χ3v) is 3.92. The lowest BCUT2D eigenvalue weighted by Crippen LogP contribution is -1.96.